The molecule has 0 aliphatic carbocycles. The Hall–Kier alpha value is -2.10. The molecule has 2 radical (unpaired) electrons. The van der Waals surface area contributed by atoms with Crippen LogP contribution in [0.25, 0.3) is 0 Å². The Morgan fingerprint density at radius 2 is 1.19 bits per heavy atom. The predicted molar refractivity (Wildman–Crippen MR) is 56.0 cm³/mol. The summed E-state index contributed by atoms with van der Waals surface area (Å²) in [6, 6.07) is 2.55. The van der Waals surface area contributed by atoms with E-state index in [4.69, 9.17) is 0 Å². The molecule has 0 aromatic heterocycles. The van der Waals surface area contributed by atoms with Gasteiger partial charge in [-0.15, -0.1) is 0 Å². The van der Waals surface area contributed by atoms with Crippen LogP contribution >= 0.6 is 0 Å². The molecule has 0 bridgehead atoms. The molecule has 0 fully saturated rings. The standard InChI is InChI=1S/C12H8O4/c1-7(15)11-9(5-13)3-4-10(6-14)12(11)8(2)16/h3-4H,1-2H3. The van der Waals surface area contributed by atoms with Gasteiger partial charge in [-0.05, 0) is 26.0 Å². The van der Waals surface area contributed by atoms with Crippen molar-refractivity contribution in [1.29, 1.82) is 0 Å². The van der Waals surface area contributed by atoms with Gasteiger partial charge in [-0.1, -0.05) is 0 Å². The average Bonchev–Trinajstić information content (AvgIpc) is 2.26. The number of carbonyl (C=O) groups is 2. The molecule has 4 nitrogen and oxygen atoms in total. The zero-order chi connectivity index (χ0) is 12.3. The third kappa shape index (κ3) is 1.95. The smallest absolute Gasteiger partial charge is 0.234 e. The van der Waals surface area contributed by atoms with Crippen LogP contribution in [0.5, 0.6) is 0 Å². The summed E-state index contributed by atoms with van der Waals surface area (Å²) in [5, 5.41) is 0. The topological polar surface area (TPSA) is 68.3 Å². The fourth-order valence-corrected chi connectivity index (χ4v) is 1.50. The van der Waals surface area contributed by atoms with Gasteiger partial charge in [0.25, 0.3) is 0 Å². The second-order valence-corrected chi connectivity index (χ2v) is 3.23. The van der Waals surface area contributed by atoms with Gasteiger partial charge in [0.05, 0.1) is 0 Å². The van der Waals surface area contributed by atoms with Crippen LogP contribution < -0.4 is 0 Å². The van der Waals surface area contributed by atoms with Crippen molar-refractivity contribution in [3.8, 4) is 0 Å². The molecular formula is C12H8O4. The van der Waals surface area contributed by atoms with Crippen LogP contribution in [-0.2, 0) is 9.59 Å². The van der Waals surface area contributed by atoms with Crippen LogP contribution in [-0.4, -0.2) is 24.1 Å². The third-order valence-corrected chi connectivity index (χ3v) is 2.13. The van der Waals surface area contributed by atoms with Crippen molar-refractivity contribution in [1.82, 2.24) is 0 Å². The van der Waals surface area contributed by atoms with E-state index in [1.807, 2.05) is 0 Å². The molecule has 0 unspecified atom stereocenters. The van der Waals surface area contributed by atoms with Crippen LogP contribution in [0.4, 0.5) is 0 Å². The summed E-state index contributed by atoms with van der Waals surface area (Å²) in [7, 11) is 0. The molecule has 0 aliphatic heterocycles. The maximum absolute atomic E-state index is 11.4. The van der Waals surface area contributed by atoms with Crippen molar-refractivity contribution < 1.29 is 19.2 Å². The minimum absolute atomic E-state index is 0.0169. The number of ketones is 2. The van der Waals surface area contributed by atoms with Crippen molar-refractivity contribution >= 4 is 24.1 Å². The third-order valence-electron chi connectivity index (χ3n) is 2.13. The zero-order valence-electron chi connectivity index (χ0n) is 8.79. The lowest BCUT2D eigenvalue weighted by atomic mass is 9.92. The molecule has 0 atom stereocenters. The summed E-state index contributed by atoms with van der Waals surface area (Å²) >= 11 is 0. The van der Waals surface area contributed by atoms with Gasteiger partial charge in [-0.3, -0.25) is 19.2 Å². The first-order valence-corrected chi connectivity index (χ1v) is 4.48. The van der Waals surface area contributed by atoms with E-state index < -0.39 is 11.6 Å². The SMILES string of the molecule is CC(=O)c1c([C]=O)ccc([C]=O)c1C(C)=O. The average molecular weight is 216 g/mol. The van der Waals surface area contributed by atoms with Crippen molar-refractivity contribution in [2.45, 2.75) is 13.8 Å². The van der Waals surface area contributed by atoms with E-state index in [1.165, 1.54) is 26.0 Å². The summed E-state index contributed by atoms with van der Waals surface area (Å²) in [6.07, 6.45) is 3.14. The zero-order valence-corrected chi connectivity index (χ0v) is 8.79. The first kappa shape index (κ1) is 12.0. The van der Waals surface area contributed by atoms with Crippen LogP contribution in [0.15, 0.2) is 12.1 Å². The summed E-state index contributed by atoms with van der Waals surface area (Å²) < 4.78 is 0. The molecule has 0 spiro atoms. The van der Waals surface area contributed by atoms with Crippen LogP contribution in [0.1, 0.15) is 45.7 Å². The lowest BCUT2D eigenvalue weighted by Crippen LogP contribution is -2.11. The van der Waals surface area contributed by atoms with Gasteiger partial charge >= 0.3 is 0 Å². The summed E-state index contributed by atoms with van der Waals surface area (Å²) in [4.78, 5) is 44.0. The Morgan fingerprint density at radius 1 is 0.875 bits per heavy atom. The highest BCUT2D eigenvalue weighted by atomic mass is 16.1. The minimum Gasteiger partial charge on any atom is -0.294 e. The number of carbonyl (C=O) groups excluding carboxylic acids is 4. The second kappa shape index (κ2) is 4.61. The van der Waals surface area contributed by atoms with E-state index in [9.17, 15) is 19.2 Å². The molecule has 0 aliphatic rings. The van der Waals surface area contributed by atoms with Crippen molar-refractivity contribution in [3.63, 3.8) is 0 Å². The molecule has 0 amide bonds. The fourth-order valence-electron chi connectivity index (χ4n) is 1.50. The summed E-state index contributed by atoms with van der Waals surface area (Å²) in [5.41, 5.74) is -0.167. The Labute approximate surface area is 92.3 Å². The van der Waals surface area contributed by atoms with Crippen molar-refractivity contribution in [2.75, 3.05) is 0 Å². The molecule has 1 rings (SSSR count). The predicted octanol–water partition coefficient (Wildman–Crippen LogP) is 1.01. The van der Waals surface area contributed by atoms with Gasteiger partial charge in [-0.2, -0.15) is 0 Å². The van der Waals surface area contributed by atoms with Gasteiger partial charge in [0, 0.05) is 22.3 Å². The van der Waals surface area contributed by atoms with Gasteiger partial charge in [0.15, 0.2) is 11.6 Å². The van der Waals surface area contributed by atoms with E-state index >= 15 is 0 Å². The van der Waals surface area contributed by atoms with E-state index in [0.29, 0.717) is 0 Å². The number of hydrogen-bond donors (Lipinski definition) is 0. The van der Waals surface area contributed by atoms with Crippen LogP contribution in [0.3, 0.4) is 0 Å². The highest BCUT2D eigenvalue weighted by Gasteiger charge is 2.20. The summed E-state index contributed by atoms with van der Waals surface area (Å²) in [6.45, 7) is 2.44. The fraction of sp³-hybridized carbons (Fsp3) is 0.167. The monoisotopic (exact) mass is 216 g/mol. The molecule has 4 heteroatoms. The Balaban J connectivity index is 3.73. The van der Waals surface area contributed by atoms with E-state index in [-0.39, 0.29) is 22.3 Å². The molecule has 0 saturated heterocycles. The first-order chi connectivity index (χ1) is 7.52. The number of hydrogen-bond acceptors (Lipinski definition) is 4. The molecule has 0 N–H and O–H groups in total. The van der Waals surface area contributed by atoms with Gasteiger partial charge in [0.1, 0.15) is 0 Å². The molecule has 1 aromatic carbocycles. The maximum Gasteiger partial charge on any atom is 0.234 e. The molecule has 16 heavy (non-hydrogen) atoms. The largest absolute Gasteiger partial charge is 0.294 e. The molecule has 0 saturated carbocycles. The van der Waals surface area contributed by atoms with Gasteiger partial charge in [0.2, 0.25) is 12.6 Å². The Bertz CT molecular complexity index is 441. The van der Waals surface area contributed by atoms with E-state index in [0.717, 1.165) is 0 Å². The quantitative estimate of drug-likeness (QED) is 0.704. The van der Waals surface area contributed by atoms with E-state index in [2.05, 4.69) is 0 Å². The molecular weight excluding hydrogens is 208 g/mol. The minimum atomic E-state index is -0.458. The number of Topliss-reactive ketones (excluding diaryl/α,β-unsaturated/α-hetero) is 2. The van der Waals surface area contributed by atoms with E-state index in [1.54, 1.807) is 12.6 Å². The van der Waals surface area contributed by atoms with Crippen molar-refractivity contribution in [2.24, 2.45) is 0 Å². The van der Waals surface area contributed by atoms with Crippen LogP contribution in [0.2, 0.25) is 0 Å². The molecule has 80 valence electrons. The van der Waals surface area contributed by atoms with Gasteiger partial charge < -0.3 is 0 Å². The van der Waals surface area contributed by atoms with Crippen LogP contribution in [0, 0.1) is 0 Å². The molecule has 0 heterocycles. The van der Waals surface area contributed by atoms with Gasteiger partial charge in [-0.25, -0.2) is 0 Å². The number of benzene rings is 1. The lowest BCUT2D eigenvalue weighted by molar-refractivity contribution is 0.0980. The summed E-state index contributed by atoms with van der Waals surface area (Å²) in [5.74, 6) is -0.915. The highest BCUT2D eigenvalue weighted by molar-refractivity contribution is 6.14. The van der Waals surface area contributed by atoms with Crippen molar-refractivity contribution in [3.05, 3.63) is 34.4 Å². The Morgan fingerprint density at radius 3 is 1.38 bits per heavy atom. The lowest BCUT2D eigenvalue weighted by Gasteiger charge is -2.08. The normalized spacial score (nSPS) is 9.62. The highest BCUT2D eigenvalue weighted by Crippen LogP contribution is 2.18. The molecule has 1 aromatic rings. The second-order valence-electron chi connectivity index (χ2n) is 3.23. The maximum atomic E-state index is 11.4. The number of rotatable bonds is 4. The first-order valence-electron chi connectivity index (χ1n) is 4.48. The Kier molecular flexibility index (Phi) is 3.45.